The van der Waals surface area contributed by atoms with Crippen molar-refractivity contribution in [2.75, 3.05) is 24.0 Å². The van der Waals surface area contributed by atoms with Crippen molar-refractivity contribution < 1.29 is 17.9 Å². The summed E-state index contributed by atoms with van der Waals surface area (Å²) in [6.45, 7) is 8.23. The van der Waals surface area contributed by atoms with E-state index in [0.717, 1.165) is 26.7 Å². The first-order valence-electron chi connectivity index (χ1n) is 11.3. The molecule has 0 saturated heterocycles. The van der Waals surface area contributed by atoms with Crippen LogP contribution in [0.25, 0.3) is 0 Å². The van der Waals surface area contributed by atoms with E-state index in [0.29, 0.717) is 11.6 Å². The van der Waals surface area contributed by atoms with Gasteiger partial charge in [-0.05, 0) is 67.3 Å². The second-order valence-corrected chi connectivity index (χ2v) is 10.4. The number of carbonyl (C=O) groups excluding carboxylic acids is 1. The number of sulfonamides is 1. The van der Waals surface area contributed by atoms with E-state index in [1.807, 2.05) is 50.2 Å². The molecule has 0 bridgehead atoms. The molecule has 1 N–H and O–H groups in total. The summed E-state index contributed by atoms with van der Waals surface area (Å²) < 4.78 is 33.7. The van der Waals surface area contributed by atoms with E-state index >= 15 is 0 Å². The van der Waals surface area contributed by atoms with Crippen LogP contribution in [0.5, 0.6) is 5.75 Å². The van der Waals surface area contributed by atoms with Crippen molar-refractivity contribution in [2.45, 2.75) is 38.5 Å². The molecule has 0 aliphatic rings. The average molecular weight is 481 g/mol. The first-order valence-corrected chi connectivity index (χ1v) is 12.8. The Kier molecular flexibility index (Phi) is 8.34. The Hall–Kier alpha value is -3.32. The highest BCUT2D eigenvalue weighted by Crippen LogP contribution is 2.26. The Morgan fingerprint density at radius 3 is 2.24 bits per heavy atom. The highest BCUT2D eigenvalue weighted by molar-refractivity contribution is 7.92. The van der Waals surface area contributed by atoms with Gasteiger partial charge in [-0.1, -0.05) is 55.8 Å². The van der Waals surface area contributed by atoms with Gasteiger partial charge in [0.25, 0.3) is 10.0 Å². The number of ether oxygens (including phenoxy) is 1. The van der Waals surface area contributed by atoms with Crippen LogP contribution in [0.15, 0.2) is 77.7 Å². The summed E-state index contributed by atoms with van der Waals surface area (Å²) in [5.41, 5.74) is 3.57. The number of anilines is 1. The smallest absolute Gasteiger partial charge is 0.264 e. The third kappa shape index (κ3) is 6.60. The van der Waals surface area contributed by atoms with Crippen LogP contribution >= 0.6 is 0 Å². The normalized spacial score (nSPS) is 11.3. The van der Waals surface area contributed by atoms with Gasteiger partial charge >= 0.3 is 0 Å². The molecule has 3 aromatic rings. The molecule has 3 rings (SSSR count). The summed E-state index contributed by atoms with van der Waals surface area (Å²) in [7, 11) is -3.94. The summed E-state index contributed by atoms with van der Waals surface area (Å²) in [6.07, 6.45) is 0. The summed E-state index contributed by atoms with van der Waals surface area (Å²) in [5.74, 6) is 0.632. The van der Waals surface area contributed by atoms with Gasteiger partial charge in [0.2, 0.25) is 5.91 Å². The van der Waals surface area contributed by atoms with Gasteiger partial charge in [0.15, 0.2) is 0 Å². The molecular weight excluding hydrogens is 448 g/mol. The molecule has 34 heavy (non-hydrogen) atoms. The maximum absolute atomic E-state index is 13.5. The van der Waals surface area contributed by atoms with Crippen molar-refractivity contribution in [1.82, 2.24) is 5.32 Å². The lowest BCUT2D eigenvalue weighted by Crippen LogP contribution is -2.41. The van der Waals surface area contributed by atoms with E-state index in [4.69, 9.17) is 4.74 Å². The summed E-state index contributed by atoms with van der Waals surface area (Å²) in [4.78, 5) is 12.9. The fraction of sp³-hybridized carbons (Fsp3) is 0.296. The van der Waals surface area contributed by atoms with Crippen molar-refractivity contribution >= 4 is 21.6 Å². The van der Waals surface area contributed by atoms with E-state index < -0.39 is 15.9 Å². The van der Waals surface area contributed by atoms with Gasteiger partial charge in [-0.3, -0.25) is 9.10 Å². The Morgan fingerprint density at radius 2 is 1.62 bits per heavy atom. The molecule has 0 atom stereocenters. The van der Waals surface area contributed by atoms with Gasteiger partial charge in [-0.15, -0.1) is 0 Å². The van der Waals surface area contributed by atoms with Gasteiger partial charge in [0.05, 0.1) is 17.1 Å². The largest absolute Gasteiger partial charge is 0.492 e. The van der Waals surface area contributed by atoms with Gasteiger partial charge < -0.3 is 10.1 Å². The number of aryl methyl sites for hydroxylation is 2. The Labute approximate surface area is 202 Å². The van der Waals surface area contributed by atoms with Crippen molar-refractivity contribution in [1.29, 1.82) is 0 Å². The maximum atomic E-state index is 13.5. The zero-order chi connectivity index (χ0) is 24.7. The third-order valence-corrected chi connectivity index (χ3v) is 7.21. The van der Waals surface area contributed by atoms with Crippen LogP contribution in [-0.2, 0) is 14.8 Å². The van der Waals surface area contributed by atoms with Crippen LogP contribution < -0.4 is 14.4 Å². The van der Waals surface area contributed by atoms with E-state index in [1.165, 1.54) is 0 Å². The predicted octanol–water partition coefficient (Wildman–Crippen LogP) is 4.82. The third-order valence-electron chi connectivity index (χ3n) is 5.43. The fourth-order valence-corrected chi connectivity index (χ4v) is 4.85. The highest BCUT2D eigenvalue weighted by atomic mass is 32.2. The molecule has 0 aliphatic carbocycles. The fourth-order valence-electron chi connectivity index (χ4n) is 3.43. The van der Waals surface area contributed by atoms with Gasteiger partial charge in [-0.2, -0.15) is 0 Å². The van der Waals surface area contributed by atoms with Crippen molar-refractivity contribution in [3.63, 3.8) is 0 Å². The van der Waals surface area contributed by atoms with E-state index in [2.05, 4.69) is 19.2 Å². The number of hydrogen-bond acceptors (Lipinski definition) is 4. The Balaban J connectivity index is 1.73. The van der Waals surface area contributed by atoms with E-state index in [1.54, 1.807) is 36.4 Å². The van der Waals surface area contributed by atoms with Crippen LogP contribution in [0, 0.1) is 13.8 Å². The lowest BCUT2D eigenvalue weighted by molar-refractivity contribution is -0.119. The van der Waals surface area contributed by atoms with Crippen LogP contribution in [0.4, 0.5) is 5.69 Å². The van der Waals surface area contributed by atoms with Crippen molar-refractivity contribution in [3.05, 3.63) is 89.5 Å². The quantitative estimate of drug-likeness (QED) is 0.422. The molecule has 0 unspecified atom stereocenters. The minimum absolute atomic E-state index is 0.140. The number of carbonyl (C=O) groups is 1. The summed E-state index contributed by atoms with van der Waals surface area (Å²) in [5, 5.41) is 2.76. The molecule has 0 aliphatic heterocycles. The predicted molar refractivity (Wildman–Crippen MR) is 136 cm³/mol. The van der Waals surface area contributed by atoms with Crippen molar-refractivity contribution in [3.8, 4) is 5.75 Å². The number of benzene rings is 3. The summed E-state index contributed by atoms with van der Waals surface area (Å²) in [6, 6.07) is 21.5. The molecule has 180 valence electrons. The molecule has 0 spiro atoms. The van der Waals surface area contributed by atoms with Gasteiger partial charge in [-0.25, -0.2) is 8.42 Å². The van der Waals surface area contributed by atoms with Crippen LogP contribution in [0.2, 0.25) is 0 Å². The van der Waals surface area contributed by atoms with E-state index in [-0.39, 0.29) is 24.6 Å². The lowest BCUT2D eigenvalue weighted by atomic mass is 10.0. The number of nitrogens with one attached hydrogen (secondary N) is 1. The molecular formula is C27H32N2O4S. The molecule has 0 heterocycles. The maximum Gasteiger partial charge on any atom is 0.264 e. The number of rotatable bonds is 10. The zero-order valence-electron chi connectivity index (χ0n) is 20.1. The number of hydrogen-bond donors (Lipinski definition) is 1. The molecule has 3 aromatic carbocycles. The second-order valence-electron chi connectivity index (χ2n) is 8.59. The minimum atomic E-state index is -3.94. The topological polar surface area (TPSA) is 75.7 Å². The standard InChI is InChI=1S/C27H32N2O4S/c1-20(2)23-10-12-24(13-11-23)29(34(31,32)26-14-8-21(3)9-15-26)19-27(30)28-16-17-33-25-7-5-6-22(4)18-25/h5-15,18,20H,16-17,19H2,1-4H3,(H,28,30). The second kappa shape index (κ2) is 11.2. The SMILES string of the molecule is Cc1ccc(S(=O)(=O)N(CC(=O)NCCOc2cccc(C)c2)c2ccc(C(C)C)cc2)cc1. The van der Waals surface area contributed by atoms with Crippen molar-refractivity contribution in [2.24, 2.45) is 0 Å². The van der Waals surface area contributed by atoms with E-state index in [9.17, 15) is 13.2 Å². The Bertz CT molecular complexity index is 1200. The minimum Gasteiger partial charge on any atom is -0.492 e. The molecule has 7 heteroatoms. The molecule has 1 amide bonds. The molecule has 0 saturated carbocycles. The van der Waals surface area contributed by atoms with Gasteiger partial charge in [0, 0.05) is 0 Å². The molecule has 0 radical (unpaired) electrons. The molecule has 0 aromatic heterocycles. The average Bonchev–Trinajstić information content (AvgIpc) is 2.80. The number of nitrogens with zero attached hydrogens (tertiary/aromatic N) is 1. The monoisotopic (exact) mass is 480 g/mol. The Morgan fingerprint density at radius 1 is 0.941 bits per heavy atom. The summed E-state index contributed by atoms with van der Waals surface area (Å²) >= 11 is 0. The first kappa shape index (κ1) is 25.3. The lowest BCUT2D eigenvalue weighted by Gasteiger charge is -2.24. The van der Waals surface area contributed by atoms with Crippen LogP contribution in [-0.4, -0.2) is 34.0 Å². The van der Waals surface area contributed by atoms with Crippen LogP contribution in [0.1, 0.15) is 36.5 Å². The zero-order valence-corrected chi connectivity index (χ0v) is 20.9. The van der Waals surface area contributed by atoms with Gasteiger partial charge in [0.1, 0.15) is 18.9 Å². The highest BCUT2D eigenvalue weighted by Gasteiger charge is 2.27. The molecule has 0 fully saturated rings. The number of amides is 1. The van der Waals surface area contributed by atoms with Crippen LogP contribution in [0.3, 0.4) is 0 Å². The molecule has 6 nitrogen and oxygen atoms in total. The first-order chi connectivity index (χ1) is 16.2.